The number of carbonyl (C=O) groups is 1. The van der Waals surface area contributed by atoms with Gasteiger partial charge in [-0.15, -0.1) is 0 Å². The summed E-state index contributed by atoms with van der Waals surface area (Å²) in [6.45, 7) is 2.06. The number of hydrogen-bond acceptors (Lipinski definition) is 6. The summed E-state index contributed by atoms with van der Waals surface area (Å²) in [6, 6.07) is 0. The Kier molecular flexibility index (Phi) is 4.70. The summed E-state index contributed by atoms with van der Waals surface area (Å²) in [5.74, 6) is 0.973. The first kappa shape index (κ1) is 11.8. The molecule has 0 bridgehead atoms. The Morgan fingerprint density at radius 3 is 2.86 bits per heavy atom. The number of amides is 1. The Morgan fingerprint density at radius 2 is 2.29 bits per heavy atom. The van der Waals surface area contributed by atoms with Gasteiger partial charge in [-0.2, -0.15) is 4.37 Å². The van der Waals surface area contributed by atoms with Crippen LogP contribution in [0.4, 0.5) is 4.79 Å². The van der Waals surface area contributed by atoms with Gasteiger partial charge in [0.1, 0.15) is 0 Å². The van der Waals surface area contributed by atoms with E-state index in [2.05, 4.69) is 16.3 Å². The quantitative estimate of drug-likeness (QED) is 0.770. The van der Waals surface area contributed by atoms with E-state index in [-0.39, 0.29) is 5.24 Å². The molecule has 14 heavy (non-hydrogen) atoms. The largest absolute Gasteiger partial charge is 0.339 e. The van der Waals surface area contributed by atoms with Gasteiger partial charge in [0, 0.05) is 25.9 Å². The van der Waals surface area contributed by atoms with Crippen LogP contribution in [-0.4, -0.2) is 39.3 Å². The summed E-state index contributed by atoms with van der Waals surface area (Å²) in [6.07, 6.45) is 0. The average molecular weight is 249 g/mol. The van der Waals surface area contributed by atoms with E-state index in [9.17, 15) is 4.79 Å². The van der Waals surface area contributed by atoms with E-state index in [0.29, 0.717) is 5.16 Å². The van der Waals surface area contributed by atoms with Gasteiger partial charge in [0.05, 0.1) is 0 Å². The molecule has 1 aromatic heterocycles. The van der Waals surface area contributed by atoms with Gasteiger partial charge in [-0.05, 0) is 17.3 Å². The molecule has 4 nitrogen and oxygen atoms in total. The summed E-state index contributed by atoms with van der Waals surface area (Å²) in [4.78, 5) is 17.0. The van der Waals surface area contributed by atoms with Crippen molar-refractivity contribution in [2.45, 2.75) is 16.4 Å². The lowest BCUT2D eigenvalue weighted by molar-refractivity contribution is 0.241. The number of hydrogen-bond donors (Lipinski definition) is 0. The van der Waals surface area contributed by atoms with Gasteiger partial charge in [-0.1, -0.05) is 18.7 Å². The van der Waals surface area contributed by atoms with E-state index in [0.717, 1.165) is 21.9 Å². The highest BCUT2D eigenvalue weighted by Gasteiger charge is 2.11. The van der Waals surface area contributed by atoms with Gasteiger partial charge in [0.25, 0.3) is 5.24 Å². The molecule has 0 atom stereocenters. The minimum Gasteiger partial charge on any atom is -0.339 e. The molecule has 0 saturated carbocycles. The third-order valence-corrected chi connectivity index (χ3v) is 3.94. The molecule has 1 aromatic rings. The van der Waals surface area contributed by atoms with Crippen molar-refractivity contribution in [2.24, 2.45) is 0 Å². The van der Waals surface area contributed by atoms with Crippen LogP contribution in [0.5, 0.6) is 0 Å². The first-order valence-corrected chi connectivity index (χ1v) is 6.56. The lowest BCUT2D eigenvalue weighted by atomic mass is 11.0. The smallest absolute Gasteiger partial charge is 0.288 e. The average Bonchev–Trinajstić information content (AvgIpc) is 2.53. The van der Waals surface area contributed by atoms with Crippen molar-refractivity contribution in [1.82, 2.24) is 14.3 Å². The molecule has 1 heterocycles. The fourth-order valence-corrected chi connectivity index (χ4v) is 2.84. The zero-order valence-electron chi connectivity index (χ0n) is 8.18. The highest BCUT2D eigenvalue weighted by molar-refractivity contribution is 8.13. The normalized spacial score (nSPS) is 10.2. The van der Waals surface area contributed by atoms with Crippen LogP contribution in [0.1, 0.15) is 6.92 Å². The highest BCUT2D eigenvalue weighted by Crippen LogP contribution is 2.25. The highest BCUT2D eigenvalue weighted by atomic mass is 32.2. The van der Waals surface area contributed by atoms with Crippen molar-refractivity contribution in [1.29, 1.82) is 0 Å². The maximum Gasteiger partial charge on any atom is 0.288 e. The lowest BCUT2D eigenvalue weighted by Gasteiger charge is -2.05. The second-order valence-electron chi connectivity index (χ2n) is 2.54. The summed E-state index contributed by atoms with van der Waals surface area (Å²) in [7, 11) is 3.42. The molecular weight excluding hydrogens is 238 g/mol. The molecule has 0 aliphatic heterocycles. The lowest BCUT2D eigenvalue weighted by Crippen LogP contribution is -2.16. The fraction of sp³-hybridized carbons (Fsp3) is 0.571. The molecule has 0 unspecified atom stereocenters. The molecule has 0 fully saturated rings. The minimum absolute atomic E-state index is 0.0455. The zero-order valence-corrected chi connectivity index (χ0v) is 10.6. The topological polar surface area (TPSA) is 46.1 Å². The first-order valence-electron chi connectivity index (χ1n) is 3.99. The van der Waals surface area contributed by atoms with E-state index in [1.54, 1.807) is 25.9 Å². The molecule has 0 saturated heterocycles. The van der Waals surface area contributed by atoms with Gasteiger partial charge in [0.2, 0.25) is 5.16 Å². The first-order chi connectivity index (χ1) is 6.63. The van der Waals surface area contributed by atoms with Crippen molar-refractivity contribution in [3.63, 3.8) is 0 Å². The molecule has 7 heteroatoms. The Hall–Kier alpha value is -0.270. The Labute approximate surface area is 95.6 Å². The molecule has 0 aliphatic rings. The number of rotatable bonds is 3. The van der Waals surface area contributed by atoms with Crippen LogP contribution in [0, 0.1) is 0 Å². The SMILES string of the molecule is CCSc1nc(SC(=O)N(C)C)ns1. The minimum atomic E-state index is -0.0455. The third-order valence-electron chi connectivity index (χ3n) is 1.20. The number of nitrogens with zero attached hydrogens (tertiary/aromatic N) is 3. The van der Waals surface area contributed by atoms with Crippen molar-refractivity contribution in [3.05, 3.63) is 0 Å². The van der Waals surface area contributed by atoms with E-state index in [4.69, 9.17) is 0 Å². The van der Waals surface area contributed by atoms with Crippen LogP contribution < -0.4 is 0 Å². The van der Waals surface area contributed by atoms with Gasteiger partial charge in [-0.3, -0.25) is 4.79 Å². The van der Waals surface area contributed by atoms with Crippen LogP contribution in [0.15, 0.2) is 9.50 Å². The van der Waals surface area contributed by atoms with Gasteiger partial charge in [0.15, 0.2) is 4.34 Å². The second-order valence-corrected chi connectivity index (χ2v) is 5.72. The summed E-state index contributed by atoms with van der Waals surface area (Å²) in [5.41, 5.74) is 0. The van der Waals surface area contributed by atoms with E-state index in [1.165, 1.54) is 16.4 Å². The maximum atomic E-state index is 11.3. The monoisotopic (exact) mass is 249 g/mol. The Morgan fingerprint density at radius 1 is 1.57 bits per heavy atom. The van der Waals surface area contributed by atoms with Crippen LogP contribution >= 0.6 is 35.1 Å². The summed E-state index contributed by atoms with van der Waals surface area (Å²) >= 11 is 4.04. The fourth-order valence-electron chi connectivity index (χ4n) is 0.590. The molecule has 0 aliphatic carbocycles. The molecule has 0 aromatic carbocycles. The van der Waals surface area contributed by atoms with Crippen molar-refractivity contribution >= 4 is 40.3 Å². The predicted molar refractivity (Wildman–Crippen MR) is 61.2 cm³/mol. The van der Waals surface area contributed by atoms with Crippen LogP contribution in [-0.2, 0) is 0 Å². The predicted octanol–water partition coefficient (Wildman–Crippen LogP) is 2.42. The van der Waals surface area contributed by atoms with E-state index < -0.39 is 0 Å². The van der Waals surface area contributed by atoms with Crippen molar-refractivity contribution in [2.75, 3.05) is 19.8 Å². The number of aromatic nitrogens is 2. The van der Waals surface area contributed by atoms with Gasteiger partial charge >= 0.3 is 0 Å². The molecule has 0 N–H and O–H groups in total. The van der Waals surface area contributed by atoms with Crippen molar-refractivity contribution < 1.29 is 4.79 Å². The third kappa shape index (κ3) is 3.47. The van der Waals surface area contributed by atoms with Crippen molar-refractivity contribution in [3.8, 4) is 0 Å². The number of thioether (sulfide) groups is 2. The van der Waals surface area contributed by atoms with Gasteiger partial charge < -0.3 is 4.90 Å². The van der Waals surface area contributed by atoms with Gasteiger partial charge in [-0.25, -0.2) is 4.98 Å². The molecule has 1 rings (SSSR count). The van der Waals surface area contributed by atoms with E-state index in [1.807, 2.05) is 0 Å². The zero-order chi connectivity index (χ0) is 10.6. The Balaban J connectivity index is 2.55. The molecule has 0 spiro atoms. The maximum absolute atomic E-state index is 11.3. The summed E-state index contributed by atoms with van der Waals surface area (Å²) in [5, 5.41) is 0.500. The Bertz CT molecular complexity index is 313. The summed E-state index contributed by atoms with van der Waals surface area (Å²) < 4.78 is 5.00. The standard InChI is InChI=1S/C7H11N3OS3/c1-4-12-6-8-5(9-14-6)13-7(11)10(2)3/h4H2,1-3H3. The van der Waals surface area contributed by atoms with Crippen LogP contribution in [0.2, 0.25) is 0 Å². The van der Waals surface area contributed by atoms with Crippen LogP contribution in [0.3, 0.4) is 0 Å². The van der Waals surface area contributed by atoms with E-state index >= 15 is 0 Å². The second kappa shape index (κ2) is 5.57. The van der Waals surface area contributed by atoms with Crippen LogP contribution in [0.25, 0.3) is 0 Å². The molecular formula is C7H11N3OS3. The molecule has 78 valence electrons. The molecule has 1 amide bonds. The number of carbonyl (C=O) groups excluding carboxylic acids is 1. The molecule has 0 radical (unpaired) electrons.